The first-order valence-corrected chi connectivity index (χ1v) is 9.95. The van der Waals surface area contributed by atoms with E-state index in [1.807, 2.05) is 12.1 Å². The Morgan fingerprint density at radius 3 is 2.94 bits per heavy atom. The van der Waals surface area contributed by atoms with Crippen molar-refractivity contribution in [2.24, 2.45) is 4.99 Å². The van der Waals surface area contributed by atoms with Gasteiger partial charge < -0.3 is 20.1 Å². The number of ether oxygens (including phenoxy) is 1. The fourth-order valence-electron chi connectivity index (χ4n) is 3.21. The highest BCUT2D eigenvalue weighted by atomic mass is 35.5. The first-order chi connectivity index (χ1) is 15.0. The minimum absolute atomic E-state index is 0.234. The number of nitrogens with one attached hydrogen (secondary N) is 3. The zero-order valence-electron chi connectivity index (χ0n) is 16.4. The Bertz CT molecular complexity index is 1470. The summed E-state index contributed by atoms with van der Waals surface area (Å²) in [4.78, 5) is 25.7. The highest BCUT2D eigenvalue weighted by molar-refractivity contribution is 6.32. The molecular formula is C20H18ClN7O3. The third-order valence-electron chi connectivity index (χ3n) is 4.81. The van der Waals surface area contributed by atoms with E-state index in [0.29, 0.717) is 38.6 Å². The van der Waals surface area contributed by atoms with Gasteiger partial charge in [-0.1, -0.05) is 17.7 Å². The zero-order chi connectivity index (χ0) is 21.5. The summed E-state index contributed by atoms with van der Waals surface area (Å²) in [6.45, 7) is 0. The van der Waals surface area contributed by atoms with Gasteiger partial charge >= 0.3 is 5.69 Å². The van der Waals surface area contributed by atoms with Crippen molar-refractivity contribution in [3.8, 4) is 11.6 Å². The average molecular weight is 440 g/mol. The molecule has 3 heterocycles. The summed E-state index contributed by atoms with van der Waals surface area (Å²) < 4.78 is 7.04. The maximum absolute atomic E-state index is 11.5. The van der Waals surface area contributed by atoms with Crippen molar-refractivity contribution in [3.63, 3.8) is 0 Å². The first-order valence-electron chi connectivity index (χ1n) is 9.57. The second kappa shape index (κ2) is 7.47. The van der Waals surface area contributed by atoms with Crippen molar-refractivity contribution in [3.05, 3.63) is 62.4 Å². The fourth-order valence-corrected chi connectivity index (χ4v) is 3.46. The number of rotatable bonds is 5. The van der Waals surface area contributed by atoms with E-state index >= 15 is 0 Å². The van der Waals surface area contributed by atoms with Gasteiger partial charge in [0.2, 0.25) is 5.88 Å². The van der Waals surface area contributed by atoms with Gasteiger partial charge in [-0.15, -0.1) is 0 Å². The van der Waals surface area contributed by atoms with Crippen molar-refractivity contribution in [1.82, 2.24) is 24.6 Å². The molecule has 1 aliphatic rings. The van der Waals surface area contributed by atoms with Crippen molar-refractivity contribution in [1.29, 1.82) is 0 Å². The molecular weight excluding hydrogens is 422 g/mol. The van der Waals surface area contributed by atoms with Crippen LogP contribution >= 0.6 is 11.6 Å². The molecule has 0 saturated heterocycles. The minimum Gasteiger partial charge on any atom is -0.493 e. The number of benzene rings is 1. The van der Waals surface area contributed by atoms with Gasteiger partial charge in [-0.25, -0.2) is 9.78 Å². The van der Waals surface area contributed by atoms with Crippen LogP contribution < -0.4 is 26.4 Å². The molecule has 1 saturated carbocycles. The number of para-hydroxylation sites is 1. The molecule has 1 aromatic carbocycles. The molecule has 10 nitrogen and oxygen atoms in total. The Morgan fingerprint density at radius 2 is 2.23 bits per heavy atom. The molecule has 0 amide bonds. The molecule has 5 rings (SSSR count). The molecule has 0 radical (unpaired) electrons. The van der Waals surface area contributed by atoms with Gasteiger partial charge in [0.05, 0.1) is 30.1 Å². The number of aromatic amines is 2. The zero-order valence-corrected chi connectivity index (χ0v) is 17.1. The number of H-pyrrole nitrogens is 2. The monoisotopic (exact) mass is 439 g/mol. The van der Waals surface area contributed by atoms with Crippen molar-refractivity contribution in [2.75, 3.05) is 12.4 Å². The number of hydrogen-bond acceptors (Lipinski definition) is 7. The lowest BCUT2D eigenvalue weighted by atomic mass is 10.3. The van der Waals surface area contributed by atoms with Crippen LogP contribution in [0.1, 0.15) is 18.5 Å². The maximum Gasteiger partial charge on any atom is 0.326 e. The van der Waals surface area contributed by atoms with Crippen molar-refractivity contribution in [2.45, 2.75) is 18.9 Å². The Hall–Kier alpha value is -3.79. The van der Waals surface area contributed by atoms with Crippen LogP contribution in [-0.2, 0) is 0 Å². The summed E-state index contributed by atoms with van der Waals surface area (Å²) >= 11 is 6.24. The lowest BCUT2D eigenvalue weighted by Gasteiger charge is -2.12. The molecule has 4 aromatic rings. The van der Waals surface area contributed by atoms with Gasteiger partial charge in [0, 0.05) is 11.3 Å². The fraction of sp³-hybridized carbons (Fsp3) is 0.200. The number of nitrogens with zero attached hydrogens (tertiary/aromatic N) is 4. The molecule has 0 bridgehead atoms. The van der Waals surface area contributed by atoms with E-state index in [1.54, 1.807) is 36.0 Å². The van der Waals surface area contributed by atoms with Crippen LogP contribution in [0.2, 0.25) is 5.02 Å². The van der Waals surface area contributed by atoms with Crippen LogP contribution in [-0.4, -0.2) is 42.8 Å². The molecule has 0 spiro atoms. The number of halogens is 1. The number of aromatic hydroxyl groups is 1. The molecule has 11 heteroatoms. The maximum atomic E-state index is 11.5. The molecule has 0 unspecified atom stereocenters. The van der Waals surface area contributed by atoms with E-state index < -0.39 is 5.69 Å². The summed E-state index contributed by atoms with van der Waals surface area (Å²) in [5.74, 6) is 0.765. The Kier molecular flexibility index (Phi) is 4.63. The smallest absolute Gasteiger partial charge is 0.326 e. The first kappa shape index (κ1) is 19.2. The van der Waals surface area contributed by atoms with Crippen LogP contribution in [0.3, 0.4) is 0 Å². The van der Waals surface area contributed by atoms with Gasteiger partial charge in [-0.05, 0) is 31.1 Å². The van der Waals surface area contributed by atoms with Crippen molar-refractivity contribution < 1.29 is 9.84 Å². The van der Waals surface area contributed by atoms with E-state index in [2.05, 4.69) is 25.4 Å². The lowest BCUT2D eigenvalue weighted by molar-refractivity contribution is 0.417. The number of imidazole rings is 1. The summed E-state index contributed by atoms with van der Waals surface area (Å²) in [7, 11) is 1.55. The van der Waals surface area contributed by atoms with Gasteiger partial charge in [0.1, 0.15) is 11.5 Å². The quantitative estimate of drug-likeness (QED) is 0.372. The van der Waals surface area contributed by atoms with Gasteiger partial charge in [-0.2, -0.15) is 9.61 Å². The molecule has 0 aliphatic heterocycles. The highest BCUT2D eigenvalue weighted by Gasteiger charge is 2.20. The van der Waals surface area contributed by atoms with Crippen LogP contribution in [0.15, 0.2) is 40.2 Å². The lowest BCUT2D eigenvalue weighted by Crippen LogP contribution is -2.20. The molecule has 1 fully saturated rings. The van der Waals surface area contributed by atoms with Gasteiger partial charge in [0.15, 0.2) is 16.9 Å². The average Bonchev–Trinajstić information content (AvgIpc) is 3.37. The third-order valence-corrected chi connectivity index (χ3v) is 5.11. The van der Waals surface area contributed by atoms with Gasteiger partial charge in [-0.3, -0.25) is 9.98 Å². The number of fused-ring (bicyclic) bond motifs is 1. The standard InChI is InChI=1S/C20H18ClN7O3/c1-31-17-12(21)3-2-4-13(17)24-15-8-16(23-11-5-6-11)28-18(26-15)10(9-22-28)7-14-19(29)27-20(30)25-14/h2-4,7-9,11,24,29H,5-6H2,1H3,(H2,25,27,30). The predicted octanol–water partition coefficient (Wildman–Crippen LogP) is 1.47. The van der Waals surface area contributed by atoms with E-state index in [0.717, 1.165) is 12.8 Å². The number of aromatic nitrogens is 5. The normalized spacial score (nSPS) is 15.0. The third kappa shape index (κ3) is 3.73. The Balaban J connectivity index is 1.69. The van der Waals surface area contributed by atoms with Gasteiger partial charge in [0.25, 0.3) is 0 Å². The summed E-state index contributed by atoms with van der Waals surface area (Å²) in [5.41, 5.74) is 1.53. The highest BCUT2D eigenvalue weighted by Crippen LogP contribution is 2.33. The topological polar surface area (TPSA) is 133 Å². The van der Waals surface area contributed by atoms with Crippen LogP contribution in [0.25, 0.3) is 11.7 Å². The van der Waals surface area contributed by atoms with Crippen LogP contribution in [0.4, 0.5) is 11.5 Å². The summed E-state index contributed by atoms with van der Waals surface area (Å²) in [5, 5.41) is 18.6. The Labute approximate surface area is 179 Å². The number of anilines is 2. The van der Waals surface area contributed by atoms with Crippen LogP contribution in [0, 0.1) is 0 Å². The van der Waals surface area contributed by atoms with E-state index in [1.165, 1.54) is 0 Å². The van der Waals surface area contributed by atoms with E-state index in [9.17, 15) is 9.90 Å². The number of methoxy groups -OCH3 is 1. The summed E-state index contributed by atoms with van der Waals surface area (Å²) in [6.07, 6.45) is 5.26. The molecule has 158 valence electrons. The predicted molar refractivity (Wildman–Crippen MR) is 115 cm³/mol. The summed E-state index contributed by atoms with van der Waals surface area (Å²) in [6, 6.07) is 7.45. The second-order valence-electron chi connectivity index (χ2n) is 7.13. The molecule has 31 heavy (non-hydrogen) atoms. The molecule has 0 atom stereocenters. The second-order valence-corrected chi connectivity index (χ2v) is 7.53. The molecule has 3 aromatic heterocycles. The molecule has 4 N–H and O–H groups in total. The largest absolute Gasteiger partial charge is 0.493 e. The van der Waals surface area contributed by atoms with Crippen LogP contribution in [0.5, 0.6) is 11.6 Å². The Morgan fingerprint density at radius 1 is 1.39 bits per heavy atom. The minimum atomic E-state index is -0.506. The molecule has 1 aliphatic carbocycles. The SMILES string of the molecule is COc1c(Cl)cccc1Nc1cc(=NC2CC2)n2ncc(=Cc3[nH]c(=O)[nH]c3O)c2n1. The van der Waals surface area contributed by atoms with Crippen molar-refractivity contribution >= 4 is 34.8 Å². The van der Waals surface area contributed by atoms with E-state index in [4.69, 9.17) is 21.3 Å². The number of hydrogen-bond donors (Lipinski definition) is 4. The van der Waals surface area contributed by atoms with E-state index in [-0.39, 0.29) is 17.6 Å².